The van der Waals surface area contributed by atoms with E-state index >= 15 is 0 Å². The van der Waals surface area contributed by atoms with Crippen LogP contribution in [0.4, 0.5) is 0 Å². The van der Waals surface area contributed by atoms with Gasteiger partial charge >= 0.3 is 5.97 Å². The molecule has 0 saturated heterocycles. The lowest BCUT2D eigenvalue weighted by Gasteiger charge is -2.31. The van der Waals surface area contributed by atoms with Crippen LogP contribution in [0, 0.1) is 5.92 Å². The monoisotopic (exact) mass is 226 g/mol. The van der Waals surface area contributed by atoms with Gasteiger partial charge in [-0.25, -0.2) is 4.79 Å². The van der Waals surface area contributed by atoms with Crippen LogP contribution in [0.1, 0.15) is 60.3 Å². The van der Waals surface area contributed by atoms with E-state index in [-0.39, 0.29) is 5.97 Å². The lowest BCUT2D eigenvalue weighted by atomic mass is 9.88. The maximum Gasteiger partial charge on any atom is 0.333 e. The smallest absolute Gasteiger partial charge is 0.333 e. The molecule has 1 atom stereocenters. The summed E-state index contributed by atoms with van der Waals surface area (Å²) < 4.78 is 5.45. The highest BCUT2D eigenvalue weighted by molar-refractivity contribution is 5.87. The lowest BCUT2D eigenvalue weighted by Crippen LogP contribution is -2.35. The predicted molar refractivity (Wildman–Crippen MR) is 68.3 cm³/mol. The lowest BCUT2D eigenvalue weighted by molar-refractivity contribution is -0.156. The average Bonchev–Trinajstić information content (AvgIpc) is 2.17. The van der Waals surface area contributed by atoms with Crippen molar-refractivity contribution in [2.75, 3.05) is 0 Å². The fourth-order valence-electron chi connectivity index (χ4n) is 1.47. The molecule has 16 heavy (non-hydrogen) atoms. The number of hydrogen-bond donors (Lipinski definition) is 0. The molecule has 0 aromatic carbocycles. The maximum atomic E-state index is 11.5. The zero-order chi connectivity index (χ0) is 12.8. The van der Waals surface area contributed by atoms with Crippen LogP contribution >= 0.6 is 0 Å². The summed E-state index contributed by atoms with van der Waals surface area (Å²) in [5.74, 6) is 0.0923. The molecule has 0 aromatic heterocycles. The number of ether oxygens (including phenoxy) is 1. The molecule has 2 nitrogen and oxygen atoms in total. The molecule has 0 aliphatic carbocycles. The van der Waals surface area contributed by atoms with Crippen molar-refractivity contribution >= 4 is 5.97 Å². The third kappa shape index (κ3) is 5.34. The van der Waals surface area contributed by atoms with Gasteiger partial charge in [-0.3, -0.25) is 0 Å². The minimum Gasteiger partial charge on any atom is -0.456 e. The molecule has 0 N–H and O–H groups in total. The van der Waals surface area contributed by atoms with Gasteiger partial charge in [0.25, 0.3) is 0 Å². The molecule has 0 aromatic rings. The highest BCUT2D eigenvalue weighted by atomic mass is 16.6. The first-order valence-corrected chi connectivity index (χ1v) is 6.20. The van der Waals surface area contributed by atoms with Gasteiger partial charge in [-0.15, -0.1) is 0 Å². The molecule has 0 aliphatic heterocycles. The molecule has 0 spiro atoms. The summed E-state index contributed by atoms with van der Waals surface area (Å²) in [7, 11) is 0. The van der Waals surface area contributed by atoms with Gasteiger partial charge in [0, 0.05) is 5.57 Å². The minimum absolute atomic E-state index is 0.285. The molecule has 0 radical (unpaired) electrons. The highest BCUT2D eigenvalue weighted by Gasteiger charge is 2.29. The van der Waals surface area contributed by atoms with Crippen molar-refractivity contribution in [2.45, 2.75) is 65.9 Å². The molecule has 0 amide bonds. The number of carbonyl (C=O) groups is 1. The Hall–Kier alpha value is -0.790. The molecular formula is C14H26O2. The minimum atomic E-state index is -0.399. The van der Waals surface area contributed by atoms with Crippen molar-refractivity contribution in [3.05, 3.63) is 12.2 Å². The topological polar surface area (TPSA) is 26.3 Å². The molecule has 0 aliphatic rings. The van der Waals surface area contributed by atoms with Gasteiger partial charge in [-0.2, -0.15) is 0 Å². The first-order valence-electron chi connectivity index (χ1n) is 6.20. The molecule has 0 heterocycles. The van der Waals surface area contributed by atoms with E-state index in [1.165, 1.54) is 19.3 Å². The number of rotatable bonds is 7. The fraction of sp³-hybridized carbons (Fsp3) is 0.786. The van der Waals surface area contributed by atoms with Crippen molar-refractivity contribution in [1.29, 1.82) is 0 Å². The summed E-state index contributed by atoms with van der Waals surface area (Å²) in [5.41, 5.74) is 0.0675. The van der Waals surface area contributed by atoms with Crippen molar-refractivity contribution < 1.29 is 9.53 Å². The first kappa shape index (κ1) is 15.2. The van der Waals surface area contributed by atoms with E-state index in [1.54, 1.807) is 6.92 Å². The Kier molecular flexibility index (Phi) is 6.39. The molecule has 1 unspecified atom stereocenters. The molecule has 0 bridgehead atoms. The van der Waals surface area contributed by atoms with Crippen LogP contribution in [0.5, 0.6) is 0 Å². The number of hydrogen-bond acceptors (Lipinski definition) is 2. The zero-order valence-electron chi connectivity index (χ0n) is 11.4. The Morgan fingerprint density at radius 3 is 2.38 bits per heavy atom. The second-order valence-corrected chi connectivity index (χ2v) is 5.17. The van der Waals surface area contributed by atoms with E-state index in [0.29, 0.717) is 11.5 Å². The van der Waals surface area contributed by atoms with Crippen LogP contribution in [0.25, 0.3) is 0 Å². The predicted octanol–water partition coefficient (Wildman–Crippen LogP) is 4.10. The second-order valence-electron chi connectivity index (χ2n) is 5.17. The van der Waals surface area contributed by atoms with Gasteiger partial charge in [0.15, 0.2) is 0 Å². The van der Waals surface area contributed by atoms with E-state index in [4.69, 9.17) is 4.74 Å². The summed E-state index contributed by atoms with van der Waals surface area (Å²) in [4.78, 5) is 11.5. The van der Waals surface area contributed by atoms with Gasteiger partial charge in [0.05, 0.1) is 0 Å². The summed E-state index contributed by atoms with van der Waals surface area (Å²) in [6.45, 7) is 13.6. The molecular weight excluding hydrogens is 200 g/mol. The van der Waals surface area contributed by atoms with Gasteiger partial charge in [0.2, 0.25) is 0 Å². The number of esters is 1. The summed E-state index contributed by atoms with van der Waals surface area (Å²) in [6.07, 6.45) is 4.77. The van der Waals surface area contributed by atoms with E-state index in [9.17, 15) is 4.79 Å². The second kappa shape index (κ2) is 6.72. The Labute approximate surface area is 100 Å². The molecule has 0 rings (SSSR count). The van der Waals surface area contributed by atoms with Crippen LogP contribution in [0.15, 0.2) is 12.2 Å². The van der Waals surface area contributed by atoms with Crippen LogP contribution in [0.2, 0.25) is 0 Å². The molecule has 0 fully saturated rings. The van der Waals surface area contributed by atoms with E-state index in [2.05, 4.69) is 20.4 Å². The first-order chi connectivity index (χ1) is 7.31. The van der Waals surface area contributed by atoms with Crippen molar-refractivity contribution in [2.24, 2.45) is 5.92 Å². The van der Waals surface area contributed by atoms with Gasteiger partial charge in [-0.05, 0) is 33.1 Å². The molecule has 0 saturated carbocycles. The number of unbranched alkanes of at least 4 members (excludes halogenated alkanes) is 2. The largest absolute Gasteiger partial charge is 0.456 e. The zero-order valence-corrected chi connectivity index (χ0v) is 11.4. The van der Waals surface area contributed by atoms with E-state index in [0.717, 1.165) is 6.42 Å². The Morgan fingerprint density at radius 1 is 1.38 bits per heavy atom. The highest BCUT2D eigenvalue weighted by Crippen LogP contribution is 2.26. The van der Waals surface area contributed by atoms with Gasteiger partial charge in [0.1, 0.15) is 5.60 Å². The third-order valence-electron chi connectivity index (χ3n) is 3.13. The van der Waals surface area contributed by atoms with Crippen LogP contribution in [0.3, 0.4) is 0 Å². The van der Waals surface area contributed by atoms with Gasteiger partial charge < -0.3 is 4.74 Å². The Balaban J connectivity index is 4.19. The third-order valence-corrected chi connectivity index (χ3v) is 3.13. The van der Waals surface area contributed by atoms with Crippen molar-refractivity contribution in [1.82, 2.24) is 0 Å². The van der Waals surface area contributed by atoms with Crippen molar-refractivity contribution in [3.63, 3.8) is 0 Å². The Morgan fingerprint density at radius 2 is 1.94 bits per heavy atom. The molecule has 94 valence electrons. The Bertz CT molecular complexity index is 241. The van der Waals surface area contributed by atoms with E-state index in [1.807, 2.05) is 13.8 Å². The average molecular weight is 226 g/mol. The normalized spacial score (nSPS) is 13.3. The summed E-state index contributed by atoms with van der Waals surface area (Å²) in [5, 5.41) is 0. The van der Waals surface area contributed by atoms with Gasteiger partial charge in [-0.1, -0.05) is 39.7 Å². The summed E-state index contributed by atoms with van der Waals surface area (Å²) in [6, 6.07) is 0. The fourth-order valence-corrected chi connectivity index (χ4v) is 1.47. The summed E-state index contributed by atoms with van der Waals surface area (Å²) >= 11 is 0. The maximum absolute atomic E-state index is 11.5. The quantitative estimate of drug-likeness (QED) is 0.371. The molecule has 2 heteroatoms. The van der Waals surface area contributed by atoms with Crippen LogP contribution in [-0.2, 0) is 9.53 Å². The van der Waals surface area contributed by atoms with Crippen LogP contribution in [-0.4, -0.2) is 11.6 Å². The number of carbonyl (C=O) groups excluding carboxylic acids is 1. The van der Waals surface area contributed by atoms with E-state index < -0.39 is 5.60 Å². The van der Waals surface area contributed by atoms with Crippen LogP contribution < -0.4 is 0 Å². The van der Waals surface area contributed by atoms with Crippen molar-refractivity contribution in [3.8, 4) is 0 Å². The SMILES string of the molecule is C=C(C)C(=O)OC(C)(C)C(C)CCCCC. The standard InChI is InChI=1S/C14H26O2/c1-7-8-9-10-12(4)14(5,6)16-13(15)11(2)3/h12H,2,7-10H2,1,3-6H3.